The van der Waals surface area contributed by atoms with Crippen molar-refractivity contribution in [1.29, 1.82) is 0 Å². The highest BCUT2D eigenvalue weighted by atomic mass is 35.5. The quantitative estimate of drug-likeness (QED) is 0.459. The Morgan fingerprint density at radius 3 is 2.78 bits per heavy atom. The summed E-state index contributed by atoms with van der Waals surface area (Å²) in [6.45, 7) is 2.75. The molecule has 0 atom stereocenters. The number of fused-ring (bicyclic) bond motifs is 1. The summed E-state index contributed by atoms with van der Waals surface area (Å²) in [6, 6.07) is 7.57. The molecule has 10 heteroatoms. The lowest BCUT2D eigenvalue weighted by molar-refractivity contribution is -0.132. The molecule has 0 saturated carbocycles. The summed E-state index contributed by atoms with van der Waals surface area (Å²) in [5, 5.41) is 5.98. The molecule has 1 aliphatic rings. The van der Waals surface area contributed by atoms with Crippen molar-refractivity contribution in [3.63, 3.8) is 0 Å². The maximum Gasteiger partial charge on any atom is 0.245 e. The van der Waals surface area contributed by atoms with Gasteiger partial charge in [0.25, 0.3) is 0 Å². The first kappa shape index (κ1) is 20.3. The number of aromatic nitrogens is 4. The lowest BCUT2D eigenvalue weighted by Crippen LogP contribution is -2.49. The van der Waals surface area contributed by atoms with Gasteiger partial charge in [0.05, 0.1) is 24.5 Å². The van der Waals surface area contributed by atoms with E-state index in [1.807, 2.05) is 29.2 Å². The fourth-order valence-corrected chi connectivity index (χ4v) is 4.15. The van der Waals surface area contributed by atoms with E-state index in [0.29, 0.717) is 54.1 Å². The van der Waals surface area contributed by atoms with Crippen LogP contribution >= 0.6 is 11.6 Å². The van der Waals surface area contributed by atoms with E-state index < -0.39 is 0 Å². The van der Waals surface area contributed by atoms with Gasteiger partial charge in [-0.3, -0.25) is 9.78 Å². The number of anilines is 1. The molecule has 5 rings (SSSR count). The van der Waals surface area contributed by atoms with Gasteiger partial charge in [-0.2, -0.15) is 5.10 Å². The number of amides is 1. The minimum absolute atomic E-state index is 0.00749. The minimum Gasteiger partial charge on any atom is -0.495 e. The molecule has 0 radical (unpaired) electrons. The molecule has 164 valence electrons. The van der Waals surface area contributed by atoms with Gasteiger partial charge in [-0.1, -0.05) is 11.6 Å². The smallest absolute Gasteiger partial charge is 0.245 e. The molecule has 1 saturated heterocycles. The Morgan fingerprint density at radius 2 is 2.03 bits per heavy atom. The Hall–Kier alpha value is -3.59. The molecule has 1 fully saturated rings. The maximum absolute atomic E-state index is 13.1. The Morgan fingerprint density at radius 1 is 1.19 bits per heavy atom. The number of nitrogens with zero attached hydrogens (tertiary/aromatic N) is 6. The average Bonchev–Trinajstić information content (AvgIpc) is 3.47. The van der Waals surface area contributed by atoms with Crippen molar-refractivity contribution in [1.82, 2.24) is 24.6 Å². The van der Waals surface area contributed by atoms with Crippen LogP contribution in [0.15, 0.2) is 53.5 Å². The number of halogens is 1. The van der Waals surface area contributed by atoms with E-state index in [9.17, 15) is 4.79 Å². The van der Waals surface area contributed by atoms with Gasteiger partial charge in [0.1, 0.15) is 29.8 Å². The van der Waals surface area contributed by atoms with E-state index in [4.69, 9.17) is 20.8 Å². The summed E-state index contributed by atoms with van der Waals surface area (Å²) in [5.74, 6) is 1.06. The number of rotatable bonds is 5. The van der Waals surface area contributed by atoms with E-state index in [2.05, 4.69) is 20.0 Å². The van der Waals surface area contributed by atoms with Gasteiger partial charge in [-0.25, -0.2) is 9.67 Å². The van der Waals surface area contributed by atoms with Crippen molar-refractivity contribution in [2.75, 3.05) is 38.2 Å². The Bertz CT molecular complexity index is 1250. The van der Waals surface area contributed by atoms with E-state index in [-0.39, 0.29) is 12.5 Å². The number of carbonyl (C=O) groups excluding carboxylic acids is 1. The Labute approximate surface area is 189 Å². The molecule has 4 aromatic rings. The third kappa shape index (κ3) is 3.75. The zero-order chi connectivity index (χ0) is 22.1. The Kier molecular flexibility index (Phi) is 5.40. The largest absolute Gasteiger partial charge is 0.495 e. The van der Waals surface area contributed by atoms with Gasteiger partial charge in [0.15, 0.2) is 0 Å². The number of methoxy groups -OCH3 is 1. The molecule has 3 aromatic heterocycles. The lowest BCUT2D eigenvalue weighted by atomic mass is 10.2. The van der Waals surface area contributed by atoms with Gasteiger partial charge in [-0.05, 0) is 18.2 Å². The summed E-state index contributed by atoms with van der Waals surface area (Å²) in [7, 11) is 1.60. The molecule has 0 N–H and O–H groups in total. The van der Waals surface area contributed by atoms with Gasteiger partial charge in [0.2, 0.25) is 11.8 Å². The van der Waals surface area contributed by atoms with Gasteiger partial charge >= 0.3 is 0 Å². The molecule has 32 heavy (non-hydrogen) atoms. The maximum atomic E-state index is 13.1. The molecule has 0 bridgehead atoms. The molecule has 0 aliphatic carbocycles. The number of piperazine rings is 1. The van der Waals surface area contributed by atoms with Crippen LogP contribution in [0.2, 0.25) is 5.02 Å². The van der Waals surface area contributed by atoms with Crippen LogP contribution in [0.1, 0.15) is 0 Å². The van der Waals surface area contributed by atoms with Crippen LogP contribution in [0.5, 0.6) is 5.75 Å². The summed E-state index contributed by atoms with van der Waals surface area (Å²) in [5.41, 5.74) is 2.39. The topological polar surface area (TPSA) is 89.5 Å². The van der Waals surface area contributed by atoms with E-state index in [0.717, 1.165) is 11.1 Å². The lowest BCUT2D eigenvalue weighted by Gasteiger charge is -2.36. The van der Waals surface area contributed by atoms with E-state index in [1.54, 1.807) is 30.4 Å². The van der Waals surface area contributed by atoms with Crippen molar-refractivity contribution in [2.24, 2.45) is 0 Å². The molecule has 1 aliphatic heterocycles. The van der Waals surface area contributed by atoms with Crippen molar-refractivity contribution in [3.05, 3.63) is 54.1 Å². The van der Waals surface area contributed by atoms with Gasteiger partial charge < -0.3 is 19.0 Å². The molecule has 0 spiro atoms. The number of ether oxygens (including phenoxy) is 1. The van der Waals surface area contributed by atoms with Gasteiger partial charge in [-0.15, -0.1) is 0 Å². The third-order valence-corrected chi connectivity index (χ3v) is 5.91. The van der Waals surface area contributed by atoms with Crippen molar-refractivity contribution >= 4 is 34.1 Å². The van der Waals surface area contributed by atoms with Crippen molar-refractivity contribution in [3.8, 4) is 17.3 Å². The molecular formula is C22H21ClN6O3. The zero-order valence-corrected chi connectivity index (χ0v) is 18.2. The normalized spacial score (nSPS) is 14.2. The fourth-order valence-electron chi connectivity index (χ4n) is 3.95. The van der Waals surface area contributed by atoms with E-state index >= 15 is 0 Å². The molecular weight excluding hydrogens is 432 g/mol. The second-order valence-electron chi connectivity index (χ2n) is 7.42. The minimum atomic E-state index is -0.00749. The molecule has 1 amide bonds. The number of benzene rings is 1. The summed E-state index contributed by atoms with van der Waals surface area (Å²) >= 11 is 6.14. The highest BCUT2D eigenvalue weighted by Gasteiger charge is 2.25. The highest BCUT2D eigenvalue weighted by molar-refractivity contribution is 6.32. The van der Waals surface area contributed by atoms with Crippen LogP contribution in [0.25, 0.3) is 22.5 Å². The molecule has 1 aromatic carbocycles. The number of hydrogen-bond donors (Lipinski definition) is 0. The third-order valence-electron chi connectivity index (χ3n) is 5.59. The highest BCUT2D eigenvalue weighted by Crippen LogP contribution is 2.30. The van der Waals surface area contributed by atoms with Crippen LogP contribution in [-0.4, -0.2) is 63.8 Å². The first-order valence-electron chi connectivity index (χ1n) is 10.2. The average molecular weight is 453 g/mol. The summed E-state index contributed by atoms with van der Waals surface area (Å²) in [6.07, 6.45) is 6.44. The zero-order valence-electron chi connectivity index (χ0n) is 17.4. The fraction of sp³-hybridized carbons (Fsp3) is 0.273. The predicted molar refractivity (Wildman–Crippen MR) is 120 cm³/mol. The van der Waals surface area contributed by atoms with Crippen molar-refractivity contribution in [2.45, 2.75) is 6.54 Å². The molecule has 4 heterocycles. The van der Waals surface area contributed by atoms with Crippen LogP contribution in [-0.2, 0) is 11.3 Å². The standard InChI is InChI=1S/C22H21ClN6O3/c1-31-19-12-15(2-3-17(19)23)27-7-9-28(10-8-27)20(30)14-29-21(22-25-6-11-32-22)16-4-5-24-13-18(16)26-29/h2-6,11-13H,7-10,14H2,1H3. The number of oxazole rings is 1. The summed E-state index contributed by atoms with van der Waals surface area (Å²) < 4.78 is 12.5. The first-order chi connectivity index (χ1) is 15.6. The van der Waals surface area contributed by atoms with Crippen LogP contribution in [0.3, 0.4) is 0 Å². The summed E-state index contributed by atoms with van der Waals surface area (Å²) in [4.78, 5) is 25.6. The number of carbonyl (C=O) groups is 1. The van der Waals surface area contributed by atoms with Crippen LogP contribution in [0.4, 0.5) is 5.69 Å². The van der Waals surface area contributed by atoms with Crippen molar-refractivity contribution < 1.29 is 13.9 Å². The first-order valence-corrected chi connectivity index (χ1v) is 10.6. The Balaban J connectivity index is 1.31. The molecule has 9 nitrogen and oxygen atoms in total. The van der Waals surface area contributed by atoms with Crippen LogP contribution < -0.4 is 9.64 Å². The number of hydrogen-bond acceptors (Lipinski definition) is 7. The van der Waals surface area contributed by atoms with Crippen LogP contribution in [0, 0.1) is 0 Å². The number of pyridine rings is 1. The second kappa shape index (κ2) is 8.51. The second-order valence-corrected chi connectivity index (χ2v) is 7.83. The molecule has 0 unspecified atom stereocenters. The van der Waals surface area contributed by atoms with Gasteiger partial charge in [0, 0.05) is 49.5 Å². The predicted octanol–water partition coefficient (Wildman–Crippen LogP) is 3.10. The SMILES string of the molecule is COc1cc(N2CCN(C(=O)Cn3nc4cnccc4c3-c3ncco3)CC2)ccc1Cl. The van der Waals surface area contributed by atoms with E-state index in [1.165, 1.54) is 6.26 Å². The monoisotopic (exact) mass is 452 g/mol.